The summed E-state index contributed by atoms with van der Waals surface area (Å²) in [6.07, 6.45) is 13.2. The summed E-state index contributed by atoms with van der Waals surface area (Å²) < 4.78 is 0. The van der Waals surface area contributed by atoms with Gasteiger partial charge in [0.15, 0.2) is 0 Å². The molecule has 0 bridgehead atoms. The number of aliphatic hydroxyl groups is 1. The Kier molecular flexibility index (Phi) is 6.78. The summed E-state index contributed by atoms with van der Waals surface area (Å²) in [6, 6.07) is 1.43. The van der Waals surface area contributed by atoms with E-state index in [0.717, 1.165) is 57.7 Å². The lowest BCUT2D eigenvalue weighted by molar-refractivity contribution is 0.116. The first-order valence-corrected chi connectivity index (χ1v) is 10.2. The van der Waals surface area contributed by atoms with Crippen LogP contribution in [-0.2, 0) is 0 Å². The van der Waals surface area contributed by atoms with Crippen LogP contribution in [0.4, 0.5) is 4.79 Å². The van der Waals surface area contributed by atoms with Crippen LogP contribution in [0.25, 0.3) is 0 Å². The summed E-state index contributed by atoms with van der Waals surface area (Å²) in [6.45, 7) is 2.56. The third kappa shape index (κ3) is 5.09. The number of urea groups is 1. The van der Waals surface area contributed by atoms with Crippen LogP contribution in [0.15, 0.2) is 0 Å². The van der Waals surface area contributed by atoms with Crippen LogP contribution >= 0.6 is 0 Å². The van der Waals surface area contributed by atoms with Gasteiger partial charge in [0.25, 0.3) is 0 Å². The van der Waals surface area contributed by atoms with Crippen LogP contribution in [-0.4, -0.2) is 53.9 Å². The van der Waals surface area contributed by atoms with Gasteiger partial charge in [0.05, 0.1) is 0 Å². The van der Waals surface area contributed by atoms with E-state index >= 15 is 0 Å². The van der Waals surface area contributed by atoms with Crippen LogP contribution in [0.1, 0.15) is 70.6 Å². The van der Waals surface area contributed by atoms with Crippen molar-refractivity contribution in [3.05, 3.63) is 0 Å². The maximum Gasteiger partial charge on any atom is 0.315 e. The Morgan fingerprint density at radius 3 is 2.00 bits per heavy atom. The summed E-state index contributed by atoms with van der Waals surface area (Å²) in [4.78, 5) is 14.9. The van der Waals surface area contributed by atoms with Crippen molar-refractivity contribution in [2.75, 3.05) is 19.7 Å². The van der Waals surface area contributed by atoms with E-state index < -0.39 is 0 Å². The number of nitrogens with one attached hydrogen (secondary N) is 2. The molecule has 3 fully saturated rings. The number of carbonyl (C=O) groups is 1. The molecule has 0 aromatic rings. The maximum absolute atomic E-state index is 12.2. The molecule has 24 heavy (non-hydrogen) atoms. The van der Waals surface area contributed by atoms with Gasteiger partial charge < -0.3 is 20.6 Å². The lowest BCUT2D eigenvalue weighted by Gasteiger charge is -2.39. The molecule has 5 heteroatoms. The molecule has 3 aliphatic rings. The highest BCUT2D eigenvalue weighted by Gasteiger charge is 2.27. The highest BCUT2D eigenvalue weighted by molar-refractivity contribution is 5.74. The summed E-state index contributed by atoms with van der Waals surface area (Å²) >= 11 is 0. The first kappa shape index (κ1) is 18.0. The molecule has 1 aliphatic heterocycles. The van der Waals surface area contributed by atoms with E-state index in [0.29, 0.717) is 18.6 Å². The Morgan fingerprint density at radius 2 is 1.42 bits per heavy atom. The number of hydrogen-bond donors (Lipinski definition) is 3. The average Bonchev–Trinajstić information content (AvgIpc) is 2.64. The Bertz CT molecular complexity index is 382. The number of hydrogen-bond acceptors (Lipinski definition) is 3. The number of aliphatic hydroxyl groups excluding tert-OH is 1. The minimum Gasteiger partial charge on any atom is -0.396 e. The fourth-order valence-electron chi connectivity index (χ4n) is 4.76. The highest BCUT2D eigenvalue weighted by Crippen LogP contribution is 2.26. The van der Waals surface area contributed by atoms with Crippen LogP contribution in [0.5, 0.6) is 0 Å². The number of rotatable bonds is 4. The van der Waals surface area contributed by atoms with Crippen LogP contribution in [0.2, 0.25) is 0 Å². The Labute approximate surface area is 146 Å². The van der Waals surface area contributed by atoms with Gasteiger partial charge in [0.2, 0.25) is 0 Å². The topological polar surface area (TPSA) is 64.6 Å². The normalized spacial score (nSPS) is 30.9. The molecule has 0 spiro atoms. The number of likely N-dealkylation sites (tertiary alicyclic amines) is 1. The first-order valence-electron chi connectivity index (χ1n) is 10.2. The molecular formula is C19H35N3O2. The molecule has 0 aromatic heterocycles. The van der Waals surface area contributed by atoms with Gasteiger partial charge in [-0.15, -0.1) is 0 Å². The molecule has 5 nitrogen and oxygen atoms in total. The van der Waals surface area contributed by atoms with Gasteiger partial charge in [-0.25, -0.2) is 4.79 Å². The average molecular weight is 338 g/mol. The van der Waals surface area contributed by atoms with E-state index in [1.54, 1.807) is 0 Å². The maximum atomic E-state index is 12.2. The summed E-state index contributed by atoms with van der Waals surface area (Å²) in [5, 5.41) is 15.5. The van der Waals surface area contributed by atoms with Crippen LogP contribution in [0.3, 0.4) is 0 Å². The van der Waals surface area contributed by atoms with Crippen molar-refractivity contribution in [2.45, 2.75) is 88.8 Å². The number of amides is 2. The zero-order valence-electron chi connectivity index (χ0n) is 15.0. The van der Waals surface area contributed by atoms with Crippen molar-refractivity contribution in [1.82, 2.24) is 15.5 Å². The molecule has 0 aromatic carbocycles. The fraction of sp³-hybridized carbons (Fsp3) is 0.947. The number of nitrogens with zero attached hydrogens (tertiary/aromatic N) is 1. The lowest BCUT2D eigenvalue weighted by atomic mass is 9.87. The van der Waals surface area contributed by atoms with Crippen molar-refractivity contribution in [2.24, 2.45) is 5.92 Å². The summed E-state index contributed by atoms with van der Waals surface area (Å²) in [5.41, 5.74) is 0. The third-order valence-corrected chi connectivity index (χ3v) is 6.40. The van der Waals surface area contributed by atoms with E-state index in [9.17, 15) is 9.90 Å². The van der Waals surface area contributed by atoms with Gasteiger partial charge in [-0.1, -0.05) is 19.3 Å². The Balaban J connectivity index is 1.33. The second-order valence-corrected chi connectivity index (χ2v) is 8.12. The number of carbonyl (C=O) groups excluding carboxylic acids is 1. The van der Waals surface area contributed by atoms with E-state index in [1.165, 1.54) is 32.1 Å². The molecule has 3 rings (SSSR count). The molecule has 1 heterocycles. The largest absolute Gasteiger partial charge is 0.396 e. The molecule has 2 saturated carbocycles. The first-order chi connectivity index (χ1) is 11.7. The van der Waals surface area contributed by atoms with Crippen LogP contribution in [0, 0.1) is 5.92 Å². The molecular weight excluding hydrogens is 302 g/mol. The SMILES string of the molecule is O=C(NC1CCC(CO)CC1)NC1CCN(C2CCCCC2)CC1. The summed E-state index contributed by atoms with van der Waals surface area (Å²) in [5.74, 6) is 0.440. The van der Waals surface area contributed by atoms with Gasteiger partial charge in [-0.3, -0.25) is 0 Å². The Morgan fingerprint density at radius 1 is 0.833 bits per heavy atom. The fourth-order valence-corrected chi connectivity index (χ4v) is 4.76. The van der Waals surface area contributed by atoms with Crippen molar-refractivity contribution in [3.63, 3.8) is 0 Å². The van der Waals surface area contributed by atoms with E-state index in [1.807, 2.05) is 0 Å². The lowest BCUT2D eigenvalue weighted by Crippen LogP contribution is -2.52. The second-order valence-electron chi connectivity index (χ2n) is 8.12. The predicted octanol–water partition coefficient (Wildman–Crippen LogP) is 2.63. The molecule has 0 atom stereocenters. The van der Waals surface area contributed by atoms with Crippen molar-refractivity contribution in [3.8, 4) is 0 Å². The molecule has 2 aliphatic carbocycles. The Hall–Kier alpha value is -0.810. The zero-order chi connectivity index (χ0) is 16.8. The van der Waals surface area contributed by atoms with Crippen molar-refractivity contribution in [1.29, 1.82) is 0 Å². The smallest absolute Gasteiger partial charge is 0.315 e. The molecule has 1 saturated heterocycles. The van der Waals surface area contributed by atoms with E-state index in [4.69, 9.17) is 0 Å². The standard InChI is InChI=1S/C19H35N3O2/c23-14-15-6-8-16(9-7-15)20-19(24)21-17-10-12-22(13-11-17)18-4-2-1-3-5-18/h15-18,23H,1-14H2,(H2,20,21,24). The van der Waals surface area contributed by atoms with Crippen molar-refractivity contribution < 1.29 is 9.90 Å². The van der Waals surface area contributed by atoms with E-state index in [-0.39, 0.29) is 12.1 Å². The molecule has 0 radical (unpaired) electrons. The molecule has 3 N–H and O–H groups in total. The highest BCUT2D eigenvalue weighted by atomic mass is 16.3. The van der Waals surface area contributed by atoms with Crippen LogP contribution < -0.4 is 10.6 Å². The van der Waals surface area contributed by atoms with Gasteiger partial charge >= 0.3 is 6.03 Å². The van der Waals surface area contributed by atoms with Crippen molar-refractivity contribution >= 4 is 6.03 Å². The van der Waals surface area contributed by atoms with Gasteiger partial charge in [0.1, 0.15) is 0 Å². The zero-order valence-corrected chi connectivity index (χ0v) is 15.0. The molecule has 2 amide bonds. The molecule has 138 valence electrons. The third-order valence-electron chi connectivity index (χ3n) is 6.40. The quantitative estimate of drug-likeness (QED) is 0.739. The van der Waals surface area contributed by atoms with Gasteiger partial charge in [0, 0.05) is 37.8 Å². The van der Waals surface area contributed by atoms with Gasteiger partial charge in [-0.2, -0.15) is 0 Å². The summed E-state index contributed by atoms with van der Waals surface area (Å²) in [7, 11) is 0. The van der Waals surface area contributed by atoms with E-state index in [2.05, 4.69) is 15.5 Å². The predicted molar refractivity (Wildman–Crippen MR) is 96.0 cm³/mol. The number of piperidine rings is 1. The minimum absolute atomic E-state index is 0.0126. The molecule has 0 unspecified atom stereocenters. The monoisotopic (exact) mass is 337 g/mol. The minimum atomic E-state index is 0.0126. The second kappa shape index (κ2) is 9.04. The van der Waals surface area contributed by atoms with Gasteiger partial charge in [-0.05, 0) is 57.3 Å².